The first kappa shape index (κ1) is 14.8. The van der Waals surface area contributed by atoms with E-state index in [9.17, 15) is 13.5 Å². The number of hydrogen-bond acceptors (Lipinski definition) is 4. The van der Waals surface area contributed by atoms with Crippen molar-refractivity contribution in [3.63, 3.8) is 0 Å². The number of aliphatic hydroxyl groups excluding tert-OH is 1. The molecular weight excluding hydrogens is 280 g/mol. The summed E-state index contributed by atoms with van der Waals surface area (Å²) >= 11 is 0. The Bertz CT molecular complexity index is 664. The topological polar surface area (TPSA) is 84.5 Å². The predicted molar refractivity (Wildman–Crippen MR) is 73.5 cm³/mol. The average molecular weight is 298 g/mol. The highest BCUT2D eigenvalue weighted by Crippen LogP contribution is 2.15. The number of hydrogen-bond donors (Lipinski definition) is 2. The highest BCUT2D eigenvalue weighted by Gasteiger charge is 2.18. The second-order valence-corrected chi connectivity index (χ2v) is 6.22. The summed E-state index contributed by atoms with van der Waals surface area (Å²) in [5.74, 6) is 1.29. The van der Waals surface area contributed by atoms with Crippen molar-refractivity contribution in [1.29, 1.82) is 0 Å². The molecule has 6 nitrogen and oxygen atoms in total. The zero-order chi connectivity index (χ0) is 14.8. The molecule has 0 amide bonds. The quantitative estimate of drug-likeness (QED) is 0.844. The fourth-order valence-electron chi connectivity index (χ4n) is 1.93. The fraction of sp³-hybridized carbons (Fsp3) is 0.385. The first-order chi connectivity index (χ1) is 9.46. The van der Waals surface area contributed by atoms with Crippen LogP contribution < -0.4 is 4.72 Å². The van der Waals surface area contributed by atoms with Gasteiger partial charge in [0.05, 0.1) is 18.0 Å². The molecule has 2 N–H and O–H groups in total. The van der Waals surface area contributed by atoms with E-state index in [0.717, 1.165) is 5.76 Å². The van der Waals surface area contributed by atoms with Crippen LogP contribution in [0.5, 0.6) is 0 Å². The highest BCUT2D eigenvalue weighted by molar-refractivity contribution is 7.89. The molecule has 2 aromatic heterocycles. The van der Waals surface area contributed by atoms with Crippen LogP contribution in [0.25, 0.3) is 0 Å². The van der Waals surface area contributed by atoms with Crippen molar-refractivity contribution in [3.05, 3.63) is 41.6 Å². The van der Waals surface area contributed by atoms with Gasteiger partial charge in [0.1, 0.15) is 11.5 Å². The normalized spacial score (nSPS) is 11.9. The van der Waals surface area contributed by atoms with Crippen molar-refractivity contribution in [2.45, 2.75) is 38.4 Å². The Hall–Kier alpha value is -1.57. The molecule has 0 radical (unpaired) electrons. The molecule has 0 aliphatic heterocycles. The maximum absolute atomic E-state index is 12.2. The monoisotopic (exact) mass is 298 g/mol. The largest absolute Gasteiger partial charge is 0.465 e. The summed E-state index contributed by atoms with van der Waals surface area (Å²) in [7, 11) is -3.61. The van der Waals surface area contributed by atoms with Crippen molar-refractivity contribution < 1.29 is 17.9 Å². The summed E-state index contributed by atoms with van der Waals surface area (Å²) in [6.07, 6.45) is 1.52. The van der Waals surface area contributed by atoms with E-state index in [1.54, 1.807) is 23.6 Å². The maximum atomic E-state index is 12.2. The van der Waals surface area contributed by atoms with Crippen LogP contribution in [0.2, 0.25) is 0 Å². The van der Waals surface area contributed by atoms with Crippen molar-refractivity contribution >= 4 is 10.0 Å². The first-order valence-electron chi connectivity index (χ1n) is 6.31. The van der Waals surface area contributed by atoms with Crippen LogP contribution in [0, 0.1) is 6.92 Å². The van der Waals surface area contributed by atoms with Gasteiger partial charge in [0, 0.05) is 18.4 Å². The van der Waals surface area contributed by atoms with Gasteiger partial charge in [0.2, 0.25) is 10.0 Å². The second kappa shape index (κ2) is 5.82. The Morgan fingerprint density at radius 2 is 2.15 bits per heavy atom. The van der Waals surface area contributed by atoms with E-state index in [1.807, 2.05) is 6.92 Å². The molecule has 2 heterocycles. The fourth-order valence-corrected chi connectivity index (χ4v) is 2.98. The van der Waals surface area contributed by atoms with Crippen molar-refractivity contribution in [1.82, 2.24) is 9.29 Å². The summed E-state index contributed by atoms with van der Waals surface area (Å²) in [6.45, 7) is 4.19. The molecule has 0 unspecified atom stereocenters. The minimum Gasteiger partial charge on any atom is -0.465 e. The van der Waals surface area contributed by atoms with Gasteiger partial charge >= 0.3 is 0 Å². The highest BCUT2D eigenvalue weighted by atomic mass is 32.2. The Morgan fingerprint density at radius 3 is 2.65 bits per heavy atom. The summed E-state index contributed by atoms with van der Waals surface area (Å²) in [5.41, 5.74) is 0.571. The summed E-state index contributed by atoms with van der Waals surface area (Å²) in [4.78, 5) is 0.145. The van der Waals surface area contributed by atoms with Gasteiger partial charge in [0.15, 0.2) is 0 Å². The number of aromatic nitrogens is 1. The van der Waals surface area contributed by atoms with Crippen LogP contribution in [0.15, 0.2) is 33.7 Å². The summed E-state index contributed by atoms with van der Waals surface area (Å²) < 4.78 is 33.8. The number of rotatable bonds is 6. The van der Waals surface area contributed by atoms with Gasteiger partial charge in [-0.15, -0.1) is 0 Å². The lowest BCUT2D eigenvalue weighted by atomic mass is 10.4. The van der Waals surface area contributed by atoms with Crippen LogP contribution in [0.4, 0.5) is 0 Å². The predicted octanol–water partition coefficient (Wildman–Crippen LogP) is 1.38. The lowest BCUT2D eigenvalue weighted by Crippen LogP contribution is -2.22. The first-order valence-corrected chi connectivity index (χ1v) is 7.79. The van der Waals surface area contributed by atoms with Crippen LogP contribution in [-0.2, 0) is 29.7 Å². The Kier molecular flexibility index (Phi) is 4.32. The smallest absolute Gasteiger partial charge is 0.242 e. The van der Waals surface area contributed by atoms with Gasteiger partial charge in [-0.3, -0.25) is 0 Å². The van der Waals surface area contributed by atoms with E-state index in [-0.39, 0.29) is 18.0 Å². The standard InChI is InChI=1S/C13H18N2O4S/c1-3-15-8-13(6-11(15)9-16)20(17,18)14-7-12-5-4-10(2)19-12/h4-6,8,14,16H,3,7,9H2,1-2H3. The number of aryl methyl sites for hydroxylation is 2. The van der Waals surface area contributed by atoms with E-state index in [1.165, 1.54) is 12.3 Å². The molecule has 0 spiro atoms. The average Bonchev–Trinajstić information content (AvgIpc) is 3.02. The lowest BCUT2D eigenvalue weighted by Gasteiger charge is -2.03. The molecule has 0 fully saturated rings. The minimum atomic E-state index is -3.61. The number of nitrogens with one attached hydrogen (secondary N) is 1. The number of aliphatic hydroxyl groups is 1. The van der Waals surface area contributed by atoms with Crippen LogP contribution in [0.1, 0.15) is 24.1 Å². The third kappa shape index (κ3) is 3.12. The van der Waals surface area contributed by atoms with E-state index >= 15 is 0 Å². The van der Waals surface area contributed by atoms with Crippen LogP contribution in [-0.4, -0.2) is 18.1 Å². The maximum Gasteiger partial charge on any atom is 0.242 e. The van der Waals surface area contributed by atoms with E-state index in [4.69, 9.17) is 4.42 Å². The van der Waals surface area contributed by atoms with Gasteiger partial charge in [-0.2, -0.15) is 0 Å². The molecule has 0 saturated heterocycles. The lowest BCUT2D eigenvalue weighted by molar-refractivity contribution is 0.271. The molecular formula is C13H18N2O4S. The number of sulfonamides is 1. The third-order valence-electron chi connectivity index (χ3n) is 3.01. The Balaban J connectivity index is 2.15. The summed E-state index contributed by atoms with van der Waals surface area (Å²) in [6, 6.07) is 4.98. The minimum absolute atomic E-state index is 0.0991. The molecule has 2 aromatic rings. The summed E-state index contributed by atoms with van der Waals surface area (Å²) in [5, 5.41) is 9.19. The molecule has 0 aromatic carbocycles. The van der Waals surface area contributed by atoms with Gasteiger partial charge in [-0.05, 0) is 32.0 Å². The SMILES string of the molecule is CCn1cc(S(=O)(=O)NCc2ccc(C)o2)cc1CO. The number of nitrogens with zero attached hydrogens (tertiary/aromatic N) is 1. The van der Waals surface area contributed by atoms with Crippen molar-refractivity contribution in [2.75, 3.05) is 0 Å². The van der Waals surface area contributed by atoms with Crippen LogP contribution in [0.3, 0.4) is 0 Å². The molecule has 0 atom stereocenters. The van der Waals surface area contributed by atoms with Crippen molar-refractivity contribution in [2.24, 2.45) is 0 Å². The van der Waals surface area contributed by atoms with Crippen molar-refractivity contribution in [3.8, 4) is 0 Å². The molecule has 7 heteroatoms. The van der Waals surface area contributed by atoms with Gasteiger partial charge < -0.3 is 14.1 Å². The Morgan fingerprint density at radius 1 is 1.40 bits per heavy atom. The van der Waals surface area contributed by atoms with E-state index in [2.05, 4.69) is 4.72 Å². The van der Waals surface area contributed by atoms with Gasteiger partial charge in [-0.1, -0.05) is 0 Å². The molecule has 110 valence electrons. The molecule has 0 aliphatic rings. The van der Waals surface area contributed by atoms with Gasteiger partial charge in [0.25, 0.3) is 0 Å². The second-order valence-electron chi connectivity index (χ2n) is 4.45. The van der Waals surface area contributed by atoms with E-state index in [0.29, 0.717) is 18.0 Å². The molecule has 0 bridgehead atoms. The zero-order valence-electron chi connectivity index (χ0n) is 11.5. The number of furan rings is 1. The Labute approximate surface area is 118 Å². The van der Waals surface area contributed by atoms with E-state index < -0.39 is 10.0 Å². The molecule has 2 rings (SSSR count). The van der Waals surface area contributed by atoms with Gasteiger partial charge in [-0.25, -0.2) is 13.1 Å². The third-order valence-corrected chi connectivity index (χ3v) is 4.37. The zero-order valence-corrected chi connectivity index (χ0v) is 12.3. The molecule has 0 saturated carbocycles. The molecule has 20 heavy (non-hydrogen) atoms. The van der Waals surface area contributed by atoms with Crippen LogP contribution >= 0.6 is 0 Å². The molecule has 0 aliphatic carbocycles.